The molecule has 21 heavy (non-hydrogen) atoms. The summed E-state index contributed by atoms with van der Waals surface area (Å²) in [5, 5.41) is 30.7. The second-order valence-corrected chi connectivity index (χ2v) is 6.70. The number of amidine groups is 1. The molecule has 0 saturated heterocycles. The Bertz CT molecular complexity index is 704. The molecule has 0 aromatic carbocycles. The van der Waals surface area contributed by atoms with Crippen molar-refractivity contribution in [2.45, 2.75) is 13.7 Å². The van der Waals surface area contributed by atoms with Crippen molar-refractivity contribution in [2.75, 3.05) is 6.26 Å². The first-order valence-corrected chi connectivity index (χ1v) is 8.09. The molecule has 2 heterocycles. The Labute approximate surface area is 130 Å². The molecular weight excluding hydrogens is 336 g/mol. The highest BCUT2D eigenvalue weighted by Crippen LogP contribution is 2.33. The van der Waals surface area contributed by atoms with Gasteiger partial charge in [-0.05, 0) is 24.1 Å². The van der Waals surface area contributed by atoms with Crippen molar-refractivity contribution in [1.29, 1.82) is 0 Å². The lowest BCUT2D eigenvalue weighted by Gasteiger charge is -2.02. The Morgan fingerprint density at radius 2 is 2.19 bits per heavy atom. The normalized spacial score (nSPS) is 11.6. The highest BCUT2D eigenvalue weighted by molar-refractivity contribution is 8.02. The Kier molecular flexibility index (Phi) is 4.93. The van der Waals surface area contributed by atoms with E-state index in [4.69, 9.17) is 10.9 Å². The zero-order chi connectivity index (χ0) is 15.4. The fraction of sp³-hybridized carbons (Fsp3) is 0.111. The summed E-state index contributed by atoms with van der Waals surface area (Å²) in [5.74, 6) is -0.425. The fourth-order valence-electron chi connectivity index (χ4n) is 1.28. The second-order valence-electron chi connectivity index (χ2n) is 3.40. The van der Waals surface area contributed by atoms with E-state index in [1.807, 2.05) is 6.26 Å². The maximum atomic E-state index is 10.9. The van der Waals surface area contributed by atoms with Gasteiger partial charge in [0.05, 0.1) is 4.92 Å². The molecule has 12 heteroatoms. The molecule has 2 rings (SSSR count). The van der Waals surface area contributed by atoms with Crippen molar-refractivity contribution < 1.29 is 10.1 Å². The van der Waals surface area contributed by atoms with Gasteiger partial charge in [-0.1, -0.05) is 28.3 Å². The van der Waals surface area contributed by atoms with Crippen molar-refractivity contribution in [2.24, 2.45) is 10.9 Å². The van der Waals surface area contributed by atoms with Gasteiger partial charge in [0.2, 0.25) is 0 Å². The van der Waals surface area contributed by atoms with Gasteiger partial charge >= 0.3 is 0 Å². The van der Waals surface area contributed by atoms with Crippen molar-refractivity contribution in [1.82, 2.24) is 15.2 Å². The average molecular weight is 344 g/mol. The van der Waals surface area contributed by atoms with Crippen LogP contribution in [0, 0.1) is 10.1 Å². The quantitative estimate of drug-likeness (QED) is 0.207. The van der Waals surface area contributed by atoms with Gasteiger partial charge < -0.3 is 10.9 Å². The standard InChI is InChI=1S/C9H8N6O3S3/c1-19-8-12-13-9(21-8)20-5-3-2-4(15(17)18)6(11-5)7(10)14-16/h2-3,16H,1H3,(H2,10,14). The Hall–Kier alpha value is -1.92. The van der Waals surface area contributed by atoms with Crippen LogP contribution >= 0.6 is 34.9 Å². The van der Waals surface area contributed by atoms with E-state index < -0.39 is 10.8 Å². The Morgan fingerprint density at radius 1 is 1.48 bits per heavy atom. The number of hydrogen-bond acceptors (Lipinski definition) is 10. The van der Waals surface area contributed by atoms with Crippen LogP contribution in [0.25, 0.3) is 0 Å². The third-order valence-electron chi connectivity index (χ3n) is 2.15. The summed E-state index contributed by atoms with van der Waals surface area (Å²) in [6, 6.07) is 2.72. The predicted molar refractivity (Wildman–Crippen MR) is 79.2 cm³/mol. The van der Waals surface area contributed by atoms with Crippen molar-refractivity contribution in [3.8, 4) is 0 Å². The van der Waals surface area contributed by atoms with Gasteiger partial charge in [-0.15, -0.1) is 10.2 Å². The third kappa shape index (κ3) is 3.59. The van der Waals surface area contributed by atoms with Crippen LogP contribution in [-0.2, 0) is 0 Å². The van der Waals surface area contributed by atoms with Gasteiger partial charge in [0.25, 0.3) is 5.69 Å². The number of aromatic nitrogens is 3. The number of pyridine rings is 1. The molecule has 0 spiro atoms. The van der Waals surface area contributed by atoms with E-state index in [0.717, 1.165) is 4.34 Å². The molecule has 2 aromatic rings. The monoisotopic (exact) mass is 344 g/mol. The molecule has 3 N–H and O–H groups in total. The summed E-state index contributed by atoms with van der Waals surface area (Å²) in [7, 11) is 0. The molecule has 0 saturated carbocycles. The molecular formula is C9H8N6O3S3. The molecule has 0 unspecified atom stereocenters. The minimum atomic E-state index is -0.647. The van der Waals surface area contributed by atoms with Crippen LogP contribution in [0.5, 0.6) is 0 Å². The molecule has 0 atom stereocenters. The molecule has 9 nitrogen and oxygen atoms in total. The first-order valence-electron chi connectivity index (χ1n) is 5.24. The van der Waals surface area contributed by atoms with Crippen molar-refractivity contribution >= 4 is 46.4 Å². The van der Waals surface area contributed by atoms with E-state index in [2.05, 4.69) is 20.3 Å². The first-order chi connectivity index (χ1) is 10.0. The van der Waals surface area contributed by atoms with E-state index in [-0.39, 0.29) is 11.4 Å². The first kappa shape index (κ1) is 15.5. The second kappa shape index (κ2) is 6.69. The van der Waals surface area contributed by atoms with Gasteiger partial charge in [0.15, 0.2) is 20.2 Å². The van der Waals surface area contributed by atoms with E-state index >= 15 is 0 Å². The molecule has 0 aliphatic carbocycles. The summed E-state index contributed by atoms with van der Waals surface area (Å²) in [6.45, 7) is 0. The molecule has 0 aliphatic heterocycles. The van der Waals surface area contributed by atoms with E-state index in [1.54, 1.807) is 0 Å². The van der Waals surface area contributed by atoms with Gasteiger partial charge in [0.1, 0.15) is 5.03 Å². The summed E-state index contributed by atoms with van der Waals surface area (Å²) in [4.78, 5) is 14.3. The van der Waals surface area contributed by atoms with Crippen LogP contribution < -0.4 is 5.73 Å². The highest BCUT2D eigenvalue weighted by atomic mass is 32.2. The summed E-state index contributed by atoms with van der Waals surface area (Å²) in [6.07, 6.45) is 1.88. The van der Waals surface area contributed by atoms with Crippen LogP contribution in [0.15, 0.2) is 31.0 Å². The van der Waals surface area contributed by atoms with Crippen LogP contribution in [0.1, 0.15) is 5.69 Å². The SMILES string of the molecule is CSc1nnc(Sc2ccc([N+](=O)[O-])c(/C(N)=N/O)n2)s1. The Balaban J connectivity index is 2.35. The minimum Gasteiger partial charge on any atom is -0.409 e. The molecule has 0 aliphatic rings. The molecule has 2 aromatic heterocycles. The predicted octanol–water partition coefficient (Wildman–Crippen LogP) is 1.81. The van der Waals surface area contributed by atoms with E-state index in [1.165, 1.54) is 47.0 Å². The summed E-state index contributed by atoms with van der Waals surface area (Å²) in [5.41, 5.74) is 4.89. The molecule has 0 fully saturated rings. The van der Waals surface area contributed by atoms with Crippen molar-refractivity contribution in [3.05, 3.63) is 27.9 Å². The third-order valence-corrected chi connectivity index (χ3v) is 5.04. The number of thioether (sulfide) groups is 1. The lowest BCUT2D eigenvalue weighted by Crippen LogP contribution is -2.17. The maximum absolute atomic E-state index is 10.9. The lowest BCUT2D eigenvalue weighted by atomic mass is 10.3. The van der Waals surface area contributed by atoms with Crippen LogP contribution in [0.2, 0.25) is 0 Å². The van der Waals surface area contributed by atoms with Crippen molar-refractivity contribution in [3.63, 3.8) is 0 Å². The highest BCUT2D eigenvalue weighted by Gasteiger charge is 2.20. The number of nitrogens with two attached hydrogens (primary N) is 1. The average Bonchev–Trinajstić information content (AvgIpc) is 2.93. The van der Waals surface area contributed by atoms with Gasteiger partial charge in [-0.2, -0.15) is 0 Å². The molecule has 0 bridgehead atoms. The largest absolute Gasteiger partial charge is 0.409 e. The zero-order valence-corrected chi connectivity index (χ0v) is 12.9. The number of rotatable bonds is 5. The van der Waals surface area contributed by atoms with Crippen LogP contribution in [0.3, 0.4) is 0 Å². The zero-order valence-electron chi connectivity index (χ0n) is 10.5. The minimum absolute atomic E-state index is 0.192. The number of hydrogen-bond donors (Lipinski definition) is 2. The topological polar surface area (TPSA) is 140 Å². The number of oxime groups is 1. The Morgan fingerprint density at radius 3 is 2.76 bits per heavy atom. The van der Waals surface area contributed by atoms with E-state index in [9.17, 15) is 10.1 Å². The fourth-order valence-corrected chi connectivity index (χ4v) is 3.64. The van der Waals surface area contributed by atoms with Crippen LogP contribution in [0.4, 0.5) is 5.69 Å². The smallest absolute Gasteiger partial charge is 0.298 e. The van der Waals surface area contributed by atoms with Gasteiger partial charge in [-0.3, -0.25) is 10.1 Å². The summed E-state index contributed by atoms with van der Waals surface area (Å²) < 4.78 is 1.45. The number of nitrogens with zero attached hydrogens (tertiary/aromatic N) is 5. The van der Waals surface area contributed by atoms with E-state index in [0.29, 0.717) is 9.37 Å². The van der Waals surface area contributed by atoms with Crippen LogP contribution in [-0.4, -0.2) is 37.4 Å². The maximum Gasteiger partial charge on any atom is 0.298 e. The molecule has 110 valence electrons. The molecule has 0 amide bonds. The number of nitro groups is 1. The summed E-state index contributed by atoms with van der Waals surface area (Å²) >= 11 is 4.04. The lowest BCUT2D eigenvalue weighted by molar-refractivity contribution is -0.385. The van der Waals surface area contributed by atoms with Gasteiger partial charge in [0, 0.05) is 6.07 Å². The molecule has 0 radical (unpaired) electrons. The van der Waals surface area contributed by atoms with Gasteiger partial charge in [-0.25, -0.2) is 4.98 Å².